The van der Waals surface area contributed by atoms with Crippen molar-refractivity contribution < 1.29 is 0 Å². The van der Waals surface area contributed by atoms with Crippen LogP contribution in [0.4, 0.5) is 0 Å². The Balaban J connectivity index is 4.36. The second-order valence-corrected chi connectivity index (χ2v) is 6.94. The molecule has 0 saturated carbocycles. The van der Waals surface area contributed by atoms with E-state index in [0.717, 1.165) is 17.8 Å². The summed E-state index contributed by atoms with van der Waals surface area (Å²) < 4.78 is 0. The highest BCUT2D eigenvalue weighted by molar-refractivity contribution is 4.82. The van der Waals surface area contributed by atoms with Crippen molar-refractivity contribution in [2.45, 2.75) is 87.0 Å². The van der Waals surface area contributed by atoms with Gasteiger partial charge in [0, 0.05) is 0 Å². The molecule has 17 heavy (non-hydrogen) atoms. The van der Waals surface area contributed by atoms with E-state index in [2.05, 4.69) is 48.5 Å². The smallest absolute Gasteiger partial charge is 0.0300 e. The highest BCUT2D eigenvalue weighted by Crippen LogP contribution is 2.42. The Morgan fingerprint density at radius 1 is 0.882 bits per heavy atom. The second-order valence-electron chi connectivity index (χ2n) is 6.94. The van der Waals surface area contributed by atoms with Crippen molar-refractivity contribution in [1.82, 2.24) is 0 Å². The Hall–Kier alpha value is 0. The summed E-state index contributed by atoms with van der Waals surface area (Å²) in [6.07, 6.45) is 8.29. The SMILES string of the molecule is CCCCC(CC)C(C)(C)C(C)CCC(C)C. The average molecular weight is 240 g/mol. The van der Waals surface area contributed by atoms with E-state index in [1.54, 1.807) is 0 Å². The first-order valence-electron chi connectivity index (χ1n) is 7.86. The van der Waals surface area contributed by atoms with E-state index in [9.17, 15) is 0 Å². The van der Waals surface area contributed by atoms with Crippen LogP contribution in [0.25, 0.3) is 0 Å². The molecule has 0 nitrogen and oxygen atoms in total. The Kier molecular flexibility index (Phi) is 8.16. The lowest BCUT2D eigenvalue weighted by atomic mass is 9.66. The van der Waals surface area contributed by atoms with E-state index in [0.29, 0.717) is 5.41 Å². The fourth-order valence-electron chi connectivity index (χ4n) is 2.91. The summed E-state index contributed by atoms with van der Waals surface area (Å²) >= 11 is 0. The summed E-state index contributed by atoms with van der Waals surface area (Å²) in [5.41, 5.74) is 0.513. The quantitative estimate of drug-likeness (QED) is 0.443. The summed E-state index contributed by atoms with van der Waals surface area (Å²) in [6.45, 7) is 16.8. The molecule has 0 fully saturated rings. The molecule has 0 saturated heterocycles. The first kappa shape index (κ1) is 17.0. The molecule has 0 bridgehead atoms. The summed E-state index contributed by atoms with van der Waals surface area (Å²) in [7, 11) is 0. The van der Waals surface area contributed by atoms with Crippen molar-refractivity contribution in [1.29, 1.82) is 0 Å². The van der Waals surface area contributed by atoms with Gasteiger partial charge in [0.15, 0.2) is 0 Å². The third-order valence-corrected chi connectivity index (χ3v) is 4.90. The lowest BCUT2D eigenvalue weighted by molar-refractivity contribution is 0.101. The van der Waals surface area contributed by atoms with Crippen molar-refractivity contribution in [3.05, 3.63) is 0 Å². The van der Waals surface area contributed by atoms with Crippen LogP contribution in [0, 0.1) is 23.2 Å². The maximum atomic E-state index is 2.50. The van der Waals surface area contributed by atoms with Gasteiger partial charge < -0.3 is 0 Å². The monoisotopic (exact) mass is 240 g/mol. The molecule has 104 valence electrons. The van der Waals surface area contributed by atoms with Crippen molar-refractivity contribution >= 4 is 0 Å². The van der Waals surface area contributed by atoms with Gasteiger partial charge in [0.05, 0.1) is 0 Å². The minimum absolute atomic E-state index is 0.513. The molecule has 2 atom stereocenters. The maximum Gasteiger partial charge on any atom is -0.0300 e. The first-order chi connectivity index (χ1) is 7.86. The van der Waals surface area contributed by atoms with Gasteiger partial charge in [-0.05, 0) is 36.0 Å². The Labute approximate surface area is 111 Å². The van der Waals surface area contributed by atoms with Crippen molar-refractivity contribution in [2.75, 3.05) is 0 Å². The highest BCUT2D eigenvalue weighted by atomic mass is 14.4. The minimum Gasteiger partial charge on any atom is -0.0654 e. The summed E-state index contributed by atoms with van der Waals surface area (Å²) in [5.74, 6) is 2.61. The number of hydrogen-bond donors (Lipinski definition) is 0. The Bertz CT molecular complexity index is 178. The third kappa shape index (κ3) is 5.93. The molecule has 0 heterocycles. The van der Waals surface area contributed by atoms with Gasteiger partial charge in [0.1, 0.15) is 0 Å². The van der Waals surface area contributed by atoms with Crippen LogP contribution in [0.2, 0.25) is 0 Å². The van der Waals surface area contributed by atoms with Crippen molar-refractivity contribution in [3.63, 3.8) is 0 Å². The molecular formula is C17H36. The molecule has 0 aromatic rings. The molecule has 0 aromatic heterocycles. The topological polar surface area (TPSA) is 0 Å². The predicted octanol–water partition coefficient (Wildman–Crippen LogP) is 6.30. The maximum absolute atomic E-state index is 2.50. The Morgan fingerprint density at radius 3 is 1.88 bits per heavy atom. The van der Waals surface area contributed by atoms with E-state index in [1.165, 1.54) is 38.5 Å². The zero-order chi connectivity index (χ0) is 13.5. The summed E-state index contributed by atoms with van der Waals surface area (Å²) in [6, 6.07) is 0. The Morgan fingerprint density at radius 2 is 1.47 bits per heavy atom. The molecule has 0 spiro atoms. The fraction of sp³-hybridized carbons (Fsp3) is 1.00. The normalized spacial score (nSPS) is 16.2. The van der Waals surface area contributed by atoms with Crippen LogP contribution in [0.3, 0.4) is 0 Å². The number of rotatable bonds is 9. The van der Waals surface area contributed by atoms with Gasteiger partial charge in [0.25, 0.3) is 0 Å². The van der Waals surface area contributed by atoms with Crippen LogP contribution in [-0.4, -0.2) is 0 Å². The largest absolute Gasteiger partial charge is 0.0654 e. The van der Waals surface area contributed by atoms with Crippen molar-refractivity contribution in [3.8, 4) is 0 Å². The van der Waals surface area contributed by atoms with Gasteiger partial charge in [-0.3, -0.25) is 0 Å². The number of hydrogen-bond acceptors (Lipinski definition) is 0. The lowest BCUT2D eigenvalue weighted by Gasteiger charge is -2.40. The zero-order valence-electron chi connectivity index (χ0n) is 13.5. The van der Waals surface area contributed by atoms with E-state index >= 15 is 0 Å². The highest BCUT2D eigenvalue weighted by Gasteiger charge is 2.32. The zero-order valence-corrected chi connectivity index (χ0v) is 13.5. The minimum atomic E-state index is 0.513. The fourth-order valence-corrected chi connectivity index (χ4v) is 2.91. The number of unbranched alkanes of at least 4 members (excludes halogenated alkanes) is 1. The average Bonchev–Trinajstić information content (AvgIpc) is 2.26. The van der Waals surface area contributed by atoms with Gasteiger partial charge in [-0.25, -0.2) is 0 Å². The molecule has 0 amide bonds. The van der Waals surface area contributed by atoms with Gasteiger partial charge in [-0.2, -0.15) is 0 Å². The summed E-state index contributed by atoms with van der Waals surface area (Å²) in [5, 5.41) is 0. The van der Waals surface area contributed by atoms with E-state index in [-0.39, 0.29) is 0 Å². The van der Waals surface area contributed by atoms with Crippen LogP contribution in [0.1, 0.15) is 87.0 Å². The van der Waals surface area contributed by atoms with Crippen LogP contribution >= 0.6 is 0 Å². The van der Waals surface area contributed by atoms with E-state index in [1.807, 2.05) is 0 Å². The molecule has 0 aliphatic heterocycles. The lowest BCUT2D eigenvalue weighted by Crippen LogP contribution is -2.31. The van der Waals surface area contributed by atoms with Gasteiger partial charge in [-0.1, -0.05) is 74.1 Å². The van der Waals surface area contributed by atoms with Crippen LogP contribution in [0.15, 0.2) is 0 Å². The second kappa shape index (κ2) is 8.16. The van der Waals surface area contributed by atoms with E-state index < -0.39 is 0 Å². The van der Waals surface area contributed by atoms with Crippen LogP contribution in [0.5, 0.6) is 0 Å². The van der Waals surface area contributed by atoms with Gasteiger partial charge in [0.2, 0.25) is 0 Å². The first-order valence-corrected chi connectivity index (χ1v) is 7.86. The molecule has 0 radical (unpaired) electrons. The molecular weight excluding hydrogens is 204 g/mol. The molecule has 0 N–H and O–H groups in total. The standard InChI is InChI=1S/C17H36/c1-8-10-11-16(9-2)17(6,7)15(5)13-12-14(3)4/h14-16H,8-13H2,1-7H3. The summed E-state index contributed by atoms with van der Waals surface area (Å²) in [4.78, 5) is 0. The predicted molar refractivity (Wildman–Crippen MR) is 80.3 cm³/mol. The van der Waals surface area contributed by atoms with Crippen LogP contribution in [-0.2, 0) is 0 Å². The molecule has 0 aliphatic carbocycles. The molecule has 2 unspecified atom stereocenters. The van der Waals surface area contributed by atoms with E-state index in [4.69, 9.17) is 0 Å². The molecule has 0 heteroatoms. The van der Waals surface area contributed by atoms with Crippen LogP contribution < -0.4 is 0 Å². The van der Waals surface area contributed by atoms with Crippen molar-refractivity contribution in [2.24, 2.45) is 23.2 Å². The molecule has 0 aromatic carbocycles. The third-order valence-electron chi connectivity index (χ3n) is 4.90. The molecule has 0 rings (SSSR count). The molecule has 0 aliphatic rings. The van der Waals surface area contributed by atoms with Gasteiger partial charge >= 0.3 is 0 Å². The van der Waals surface area contributed by atoms with Gasteiger partial charge in [-0.15, -0.1) is 0 Å².